The molecule has 8 bridgehead atoms. The Morgan fingerprint density at radius 1 is 0.308 bits per heavy atom. The monoisotopic (exact) mass is 957 g/mol. The van der Waals surface area contributed by atoms with Crippen molar-refractivity contribution in [1.82, 2.24) is 19.9 Å². The molecule has 16 nitrogen and oxygen atoms in total. The Kier molecular flexibility index (Phi) is 11.8. The zero-order chi connectivity index (χ0) is 45.3. The van der Waals surface area contributed by atoms with Crippen molar-refractivity contribution in [3.63, 3.8) is 0 Å². The Bertz CT molecular complexity index is 3300. The molecule has 0 saturated heterocycles. The summed E-state index contributed by atoms with van der Waals surface area (Å²) < 4.78 is 135. The van der Waals surface area contributed by atoms with Crippen LogP contribution in [0.4, 0.5) is 0 Å². The van der Waals surface area contributed by atoms with Crippen LogP contribution in [0.2, 0.25) is 0 Å². The molecule has 2 aliphatic heterocycles. The first-order chi connectivity index (χ1) is 30.2. The van der Waals surface area contributed by atoms with E-state index in [1.54, 1.807) is 48.6 Å². The summed E-state index contributed by atoms with van der Waals surface area (Å²) in [6.07, 6.45) is 6.92. The molecule has 0 amide bonds. The van der Waals surface area contributed by atoms with E-state index >= 15 is 0 Å². The van der Waals surface area contributed by atoms with E-state index in [0.29, 0.717) is 89.4 Å². The van der Waals surface area contributed by atoms with E-state index < -0.39 is 40.5 Å². The molecular weight excluding hydrogens is 928 g/mol. The van der Waals surface area contributed by atoms with Gasteiger partial charge in [0.2, 0.25) is 0 Å². The minimum atomic E-state index is -4.55. The fourth-order valence-electron chi connectivity index (χ4n) is 7.59. The molecule has 1 radical (unpaired) electrons. The van der Waals surface area contributed by atoms with Gasteiger partial charge in [-0.1, -0.05) is 48.5 Å². The van der Waals surface area contributed by atoms with Crippen LogP contribution >= 0.6 is 0 Å². The number of hydrogen-bond acceptors (Lipinski definition) is 10. The molecule has 6 N–H and O–H groups in total. The van der Waals surface area contributed by atoms with Crippen LogP contribution in [0.3, 0.4) is 0 Å². The van der Waals surface area contributed by atoms with Gasteiger partial charge in [0.15, 0.2) is 0 Å². The number of benzene rings is 4. The fourth-order valence-corrected chi connectivity index (χ4v) is 9.51. The molecule has 21 heteroatoms. The zero-order valence-corrected chi connectivity index (χ0v) is 38.7. The van der Waals surface area contributed by atoms with Crippen LogP contribution < -0.4 is 0 Å². The number of rotatable bonds is 8. The summed E-state index contributed by atoms with van der Waals surface area (Å²) >= 11 is 0. The van der Waals surface area contributed by atoms with E-state index in [9.17, 15) is 51.9 Å². The van der Waals surface area contributed by atoms with Crippen LogP contribution in [-0.4, -0.2) is 101 Å². The quantitative estimate of drug-likeness (QED) is 0.0624. The molecule has 0 spiro atoms. The van der Waals surface area contributed by atoms with E-state index in [1.807, 2.05) is 0 Å². The predicted octanol–water partition coefficient (Wildman–Crippen LogP) is 7.93. The van der Waals surface area contributed by atoms with Gasteiger partial charge in [0.05, 0.1) is 42.4 Å². The Balaban J connectivity index is 0.00000576. The first-order valence-electron chi connectivity index (χ1n) is 18.7. The number of aromatic amines is 2. The molecule has 323 valence electrons. The second-order valence-corrected chi connectivity index (χ2v) is 20.2. The zero-order valence-electron chi connectivity index (χ0n) is 33.4. The van der Waals surface area contributed by atoms with Crippen LogP contribution in [-0.2, 0) is 40.5 Å². The second kappa shape index (κ2) is 16.8. The molecule has 0 saturated carbocycles. The average molecular weight is 958 g/mol. The Morgan fingerprint density at radius 2 is 0.492 bits per heavy atom. The number of nitrogens with zero attached hydrogens (tertiary/aromatic N) is 2. The fraction of sp³-hybridized carbons (Fsp3) is 0. The van der Waals surface area contributed by atoms with Crippen molar-refractivity contribution in [3.8, 4) is 44.5 Å². The summed E-state index contributed by atoms with van der Waals surface area (Å²) in [5, 5.41) is 0. The van der Waals surface area contributed by atoms with Crippen molar-refractivity contribution in [2.75, 3.05) is 0 Å². The molecule has 3 aromatic heterocycles. The van der Waals surface area contributed by atoms with E-state index in [-0.39, 0.29) is 49.1 Å². The van der Waals surface area contributed by atoms with Crippen molar-refractivity contribution in [2.45, 2.75) is 19.6 Å². The number of nitrogens with one attached hydrogen (secondary N) is 2. The van der Waals surface area contributed by atoms with Crippen LogP contribution in [0.5, 0.6) is 0 Å². The number of aromatic nitrogens is 4. The Morgan fingerprint density at radius 3 is 0.662 bits per heavy atom. The van der Waals surface area contributed by atoms with Crippen LogP contribution in [0, 0.1) is 0 Å². The van der Waals surface area contributed by atoms with Crippen molar-refractivity contribution in [1.29, 1.82) is 0 Å². The van der Waals surface area contributed by atoms with E-state index in [4.69, 9.17) is 9.97 Å². The summed E-state index contributed by atoms with van der Waals surface area (Å²) in [5.74, 6) is 0. The summed E-state index contributed by atoms with van der Waals surface area (Å²) in [5.41, 5.74) is 7.41. The second-order valence-electron chi connectivity index (χ2n) is 14.5. The Labute approximate surface area is 393 Å². The van der Waals surface area contributed by atoms with Crippen LogP contribution in [0.1, 0.15) is 22.8 Å². The third-order valence-corrected chi connectivity index (χ3v) is 14.0. The van der Waals surface area contributed by atoms with Gasteiger partial charge in [-0.05, 0) is 119 Å². The number of hydrogen-bond donors (Lipinski definition) is 6. The summed E-state index contributed by atoms with van der Waals surface area (Å²) in [4.78, 5) is 15.6. The number of fused-ring (bicyclic) bond motifs is 8. The molecule has 4 aromatic carbocycles. The maximum atomic E-state index is 12.0. The van der Waals surface area contributed by atoms with Gasteiger partial charge >= 0.3 is 0 Å². The van der Waals surface area contributed by atoms with E-state index in [0.717, 1.165) is 0 Å². The number of H-pyrrole nitrogens is 2. The van der Waals surface area contributed by atoms with Crippen molar-refractivity contribution in [3.05, 3.63) is 144 Å². The van der Waals surface area contributed by atoms with Gasteiger partial charge < -0.3 is 9.97 Å². The summed E-state index contributed by atoms with van der Waals surface area (Å²) in [6, 6.07) is 29.0. The summed E-state index contributed by atoms with van der Waals surface area (Å²) in [6.45, 7) is 0. The normalized spacial score (nSPS) is 12.9. The molecule has 5 heterocycles. The van der Waals surface area contributed by atoms with E-state index in [2.05, 4.69) is 9.97 Å². The average Bonchev–Trinajstić information content (AvgIpc) is 4.08. The first-order valence-corrected chi connectivity index (χ1v) is 24.5. The van der Waals surface area contributed by atoms with Crippen molar-refractivity contribution in [2.24, 2.45) is 0 Å². The van der Waals surface area contributed by atoms with Gasteiger partial charge in [0.25, 0.3) is 40.5 Å². The maximum Gasteiger partial charge on any atom is 0.294 e. The van der Waals surface area contributed by atoms with Gasteiger partial charge in [0.1, 0.15) is 0 Å². The van der Waals surface area contributed by atoms with Gasteiger partial charge in [0, 0.05) is 73.9 Å². The summed E-state index contributed by atoms with van der Waals surface area (Å²) in [7, 11) is -18.2. The van der Waals surface area contributed by atoms with Gasteiger partial charge in [-0.15, -0.1) is 0 Å². The van der Waals surface area contributed by atoms with Crippen LogP contribution in [0.15, 0.2) is 141 Å². The standard InChI is InChI=1S/C44H30N4O12S4.Na/c49-61(50,51)29-9-1-25(2-10-29)41-33-17-19-35(45-33)42(26-3-11-30(12-4-26)62(52,53)54)37-21-23-39(47-37)44(28-7-15-32(16-8-28)64(58,59)60)40-24-22-38(48-40)43(36-20-18-34(41)46-36)27-5-13-31(14-6-27)63(55,56)57;/h1-24,45,48H,(H,49,50,51)(H,52,53,54)(H,55,56,57)(H,58,59,60);. The van der Waals surface area contributed by atoms with Crippen molar-refractivity contribution >= 4 is 116 Å². The van der Waals surface area contributed by atoms with Crippen LogP contribution in [0.25, 0.3) is 90.9 Å². The Hall–Kier alpha value is -5.88. The minimum absolute atomic E-state index is 0. The molecule has 0 atom stereocenters. The predicted molar refractivity (Wildman–Crippen MR) is 246 cm³/mol. The third-order valence-electron chi connectivity index (χ3n) is 10.5. The maximum absolute atomic E-state index is 12.0. The molecule has 9 rings (SSSR count). The topological polar surface area (TPSA) is 275 Å². The molecule has 65 heavy (non-hydrogen) atoms. The largest absolute Gasteiger partial charge is 0.354 e. The molecule has 0 unspecified atom stereocenters. The van der Waals surface area contributed by atoms with E-state index in [1.165, 1.54) is 97.1 Å². The first kappa shape index (κ1) is 45.7. The SMILES string of the molecule is O=S(=O)(O)c1ccc(-c2c3nc(c(-c4ccc(S(=O)(=O)O)cc4)c4ccc([nH]4)c(-c4ccc(S(=O)(=O)O)cc4)c4nc(c(-c5ccc(S(=O)(=O)O)cc5)c5ccc2[nH]5)C=C4)C=C3)cc1.[Na]. The third kappa shape index (κ3) is 9.06. The molecule has 2 aliphatic rings. The van der Waals surface area contributed by atoms with Gasteiger partial charge in [-0.25, -0.2) is 9.97 Å². The van der Waals surface area contributed by atoms with Gasteiger partial charge in [-0.3, -0.25) is 18.2 Å². The molecular formula is C44H30N4NaO12S4. The molecule has 7 aromatic rings. The molecule has 0 aliphatic carbocycles. The molecule has 0 fully saturated rings. The van der Waals surface area contributed by atoms with Crippen molar-refractivity contribution < 1.29 is 51.9 Å². The smallest absolute Gasteiger partial charge is 0.294 e. The van der Waals surface area contributed by atoms with Gasteiger partial charge in [-0.2, -0.15) is 33.7 Å². The minimum Gasteiger partial charge on any atom is -0.354 e.